The number of rotatable bonds is 0. The first-order valence-electron chi connectivity index (χ1n) is 7.08. The monoisotopic (exact) mass is 222 g/mol. The van der Waals surface area contributed by atoms with E-state index in [-0.39, 0.29) is 11.2 Å². The molecule has 2 aliphatic carbocycles. The predicted octanol–water partition coefficient (Wildman–Crippen LogP) is 4.16. The van der Waals surface area contributed by atoms with Crippen LogP contribution in [0.15, 0.2) is 0 Å². The Bertz CT molecular complexity index is 305. The van der Waals surface area contributed by atoms with Gasteiger partial charge in [0, 0.05) is 0 Å². The molecule has 92 valence electrons. The van der Waals surface area contributed by atoms with Gasteiger partial charge in [-0.05, 0) is 63.7 Å². The lowest BCUT2D eigenvalue weighted by atomic mass is 9.51. The predicted molar refractivity (Wildman–Crippen MR) is 66.4 cm³/mol. The fraction of sp³-hybridized carbons (Fsp3) is 1.00. The van der Waals surface area contributed by atoms with Crippen molar-refractivity contribution in [3.8, 4) is 0 Å². The molecule has 1 heteroatoms. The molecule has 4 unspecified atom stereocenters. The summed E-state index contributed by atoms with van der Waals surface area (Å²) < 4.78 is 6.52. The summed E-state index contributed by atoms with van der Waals surface area (Å²) in [6.07, 6.45) is 8.33. The average molecular weight is 222 g/mol. The van der Waals surface area contributed by atoms with E-state index >= 15 is 0 Å². The third kappa shape index (κ3) is 1.27. The van der Waals surface area contributed by atoms with E-state index in [0.29, 0.717) is 5.41 Å². The summed E-state index contributed by atoms with van der Waals surface area (Å²) in [6.45, 7) is 9.58. The van der Waals surface area contributed by atoms with Crippen molar-refractivity contribution >= 4 is 0 Å². The van der Waals surface area contributed by atoms with Gasteiger partial charge in [0.15, 0.2) is 0 Å². The minimum atomic E-state index is 0.117. The van der Waals surface area contributed by atoms with Gasteiger partial charge in [0.25, 0.3) is 0 Å². The lowest BCUT2D eigenvalue weighted by molar-refractivity contribution is -0.121. The molecule has 2 saturated carbocycles. The van der Waals surface area contributed by atoms with E-state index in [1.165, 1.54) is 38.5 Å². The number of hydrogen-bond donors (Lipinski definition) is 0. The van der Waals surface area contributed by atoms with Crippen LogP contribution in [0.2, 0.25) is 0 Å². The second-order valence-corrected chi connectivity index (χ2v) is 7.50. The smallest absolute Gasteiger partial charge is 0.0698 e. The minimum absolute atomic E-state index is 0.117. The van der Waals surface area contributed by atoms with Gasteiger partial charge < -0.3 is 4.74 Å². The van der Waals surface area contributed by atoms with E-state index in [9.17, 15) is 0 Å². The SMILES string of the molecule is CC12CCCC3C1C(C)(CCC2)OC3(C)C. The Labute approximate surface area is 99.9 Å². The second-order valence-electron chi connectivity index (χ2n) is 7.50. The van der Waals surface area contributed by atoms with Crippen molar-refractivity contribution in [2.75, 3.05) is 0 Å². The molecule has 0 radical (unpaired) electrons. The summed E-state index contributed by atoms with van der Waals surface area (Å²) in [5.74, 6) is 1.62. The topological polar surface area (TPSA) is 9.23 Å². The van der Waals surface area contributed by atoms with E-state index in [2.05, 4.69) is 27.7 Å². The van der Waals surface area contributed by atoms with Crippen LogP contribution in [0.1, 0.15) is 66.2 Å². The quantitative estimate of drug-likeness (QED) is 0.598. The highest BCUT2D eigenvalue weighted by atomic mass is 16.5. The first-order chi connectivity index (χ1) is 7.38. The summed E-state index contributed by atoms with van der Waals surface area (Å²) >= 11 is 0. The molecule has 0 aromatic rings. The van der Waals surface area contributed by atoms with Crippen LogP contribution < -0.4 is 0 Å². The van der Waals surface area contributed by atoms with Gasteiger partial charge in [0.2, 0.25) is 0 Å². The third-order valence-electron chi connectivity index (χ3n) is 5.88. The Hall–Kier alpha value is -0.0400. The van der Waals surface area contributed by atoms with Crippen LogP contribution in [-0.4, -0.2) is 11.2 Å². The van der Waals surface area contributed by atoms with E-state index in [0.717, 1.165) is 11.8 Å². The Balaban J connectivity index is 2.05. The van der Waals surface area contributed by atoms with E-state index in [4.69, 9.17) is 4.74 Å². The standard InChI is InChI=1S/C15H26O/c1-13(2)11-7-5-8-14(3)9-6-10-15(4,16-13)12(11)14/h11-12H,5-10H2,1-4H3. The Morgan fingerprint density at radius 2 is 1.62 bits per heavy atom. The van der Waals surface area contributed by atoms with E-state index in [1.807, 2.05) is 0 Å². The molecule has 3 rings (SSSR count). The van der Waals surface area contributed by atoms with Crippen LogP contribution in [0.25, 0.3) is 0 Å². The molecule has 16 heavy (non-hydrogen) atoms. The van der Waals surface area contributed by atoms with Crippen molar-refractivity contribution in [2.45, 2.75) is 77.4 Å². The summed E-state index contributed by atoms with van der Waals surface area (Å²) in [4.78, 5) is 0. The molecule has 3 fully saturated rings. The highest BCUT2D eigenvalue weighted by Gasteiger charge is 2.63. The zero-order valence-electron chi connectivity index (χ0n) is 11.3. The van der Waals surface area contributed by atoms with Gasteiger partial charge in [-0.15, -0.1) is 0 Å². The van der Waals surface area contributed by atoms with Crippen molar-refractivity contribution in [3.05, 3.63) is 0 Å². The maximum Gasteiger partial charge on any atom is 0.0698 e. The molecule has 1 heterocycles. The van der Waals surface area contributed by atoms with Gasteiger partial charge >= 0.3 is 0 Å². The Kier molecular flexibility index (Phi) is 2.11. The summed E-state index contributed by atoms with van der Waals surface area (Å²) in [5.41, 5.74) is 0.872. The maximum atomic E-state index is 6.52. The molecule has 3 aliphatic rings. The van der Waals surface area contributed by atoms with E-state index in [1.54, 1.807) is 0 Å². The van der Waals surface area contributed by atoms with Crippen LogP contribution in [0, 0.1) is 17.3 Å². The van der Waals surface area contributed by atoms with Gasteiger partial charge in [0.05, 0.1) is 11.2 Å². The maximum absolute atomic E-state index is 6.52. The van der Waals surface area contributed by atoms with Crippen LogP contribution >= 0.6 is 0 Å². The normalized spacial score (nSPS) is 54.8. The average Bonchev–Trinajstić information content (AvgIpc) is 2.35. The van der Waals surface area contributed by atoms with Gasteiger partial charge in [-0.1, -0.05) is 19.8 Å². The molecule has 0 amide bonds. The molecule has 1 nitrogen and oxygen atoms in total. The zero-order valence-corrected chi connectivity index (χ0v) is 11.3. The largest absolute Gasteiger partial charge is 0.369 e. The van der Waals surface area contributed by atoms with Crippen LogP contribution in [0.4, 0.5) is 0 Å². The second kappa shape index (κ2) is 3.04. The third-order valence-corrected chi connectivity index (χ3v) is 5.88. The van der Waals surface area contributed by atoms with Crippen molar-refractivity contribution in [1.29, 1.82) is 0 Å². The Morgan fingerprint density at radius 1 is 0.938 bits per heavy atom. The fourth-order valence-electron chi connectivity index (χ4n) is 5.52. The molecule has 0 N–H and O–H groups in total. The van der Waals surface area contributed by atoms with Crippen molar-refractivity contribution in [1.82, 2.24) is 0 Å². The van der Waals surface area contributed by atoms with Gasteiger partial charge in [0.1, 0.15) is 0 Å². The minimum Gasteiger partial charge on any atom is -0.369 e. The molecule has 0 aromatic heterocycles. The highest BCUT2D eigenvalue weighted by Crippen LogP contribution is 2.64. The molecular weight excluding hydrogens is 196 g/mol. The van der Waals surface area contributed by atoms with Crippen LogP contribution in [0.3, 0.4) is 0 Å². The van der Waals surface area contributed by atoms with Crippen molar-refractivity contribution in [2.24, 2.45) is 17.3 Å². The van der Waals surface area contributed by atoms with E-state index < -0.39 is 0 Å². The number of ether oxygens (including phenoxy) is 1. The zero-order chi connectivity index (χ0) is 11.6. The van der Waals surface area contributed by atoms with Crippen molar-refractivity contribution in [3.63, 3.8) is 0 Å². The molecular formula is C15H26O. The summed E-state index contributed by atoms with van der Waals surface area (Å²) in [7, 11) is 0. The van der Waals surface area contributed by atoms with Crippen LogP contribution in [0.5, 0.6) is 0 Å². The first-order valence-corrected chi connectivity index (χ1v) is 7.08. The van der Waals surface area contributed by atoms with Crippen LogP contribution in [-0.2, 0) is 4.74 Å². The lowest BCUT2D eigenvalue weighted by Crippen LogP contribution is -2.49. The highest BCUT2D eigenvalue weighted by molar-refractivity contribution is 5.12. The van der Waals surface area contributed by atoms with Gasteiger partial charge in [-0.25, -0.2) is 0 Å². The fourth-order valence-corrected chi connectivity index (χ4v) is 5.52. The summed E-state index contributed by atoms with van der Waals surface area (Å²) in [6, 6.07) is 0. The molecule has 0 bridgehead atoms. The molecule has 1 saturated heterocycles. The van der Waals surface area contributed by atoms with Crippen molar-refractivity contribution < 1.29 is 4.74 Å². The number of hydrogen-bond acceptors (Lipinski definition) is 1. The molecule has 0 aromatic carbocycles. The van der Waals surface area contributed by atoms with Gasteiger partial charge in [-0.2, -0.15) is 0 Å². The summed E-state index contributed by atoms with van der Waals surface area (Å²) in [5, 5.41) is 0. The molecule has 1 aliphatic heterocycles. The molecule has 0 spiro atoms. The van der Waals surface area contributed by atoms with Gasteiger partial charge in [-0.3, -0.25) is 0 Å². The lowest BCUT2D eigenvalue weighted by Gasteiger charge is -2.52. The molecule has 4 atom stereocenters. The Morgan fingerprint density at radius 3 is 2.38 bits per heavy atom. The first kappa shape index (κ1) is 11.1.